The number of hydrogen-bond acceptors (Lipinski definition) is 5. The number of methoxy groups -OCH3 is 1. The molecule has 15 heavy (non-hydrogen) atoms. The van der Waals surface area contributed by atoms with Crippen molar-refractivity contribution in [1.82, 2.24) is 5.32 Å². The second kappa shape index (κ2) is 5.53. The Morgan fingerprint density at radius 1 is 1.73 bits per heavy atom. The second-order valence-corrected chi connectivity index (χ2v) is 3.20. The van der Waals surface area contributed by atoms with Crippen molar-refractivity contribution in [2.75, 3.05) is 7.11 Å². The van der Waals surface area contributed by atoms with Crippen LogP contribution in [0.4, 0.5) is 0 Å². The summed E-state index contributed by atoms with van der Waals surface area (Å²) >= 11 is 0. The molecule has 1 rings (SSSR count). The number of carbonyl (C=O) groups excluding carboxylic acids is 1. The lowest BCUT2D eigenvalue weighted by molar-refractivity contribution is -0.145. The SMILES string of the molecule is COC(=O)[C@@H](NCc1ccco1)[C@@H](C)O. The Bertz CT molecular complexity index is 294. The minimum atomic E-state index is -0.813. The third-order valence-corrected chi connectivity index (χ3v) is 2.01. The molecular formula is C10H15NO4. The number of furan rings is 1. The van der Waals surface area contributed by atoms with Crippen molar-refractivity contribution in [2.24, 2.45) is 0 Å². The number of aliphatic hydroxyl groups excluding tert-OH is 1. The fourth-order valence-corrected chi connectivity index (χ4v) is 1.20. The first kappa shape index (κ1) is 11.7. The molecule has 0 spiro atoms. The zero-order valence-electron chi connectivity index (χ0n) is 8.77. The molecule has 5 nitrogen and oxygen atoms in total. The molecule has 2 N–H and O–H groups in total. The molecule has 0 saturated heterocycles. The van der Waals surface area contributed by atoms with Gasteiger partial charge in [0.2, 0.25) is 0 Å². The van der Waals surface area contributed by atoms with Gasteiger partial charge in [-0.25, -0.2) is 0 Å². The molecule has 0 aliphatic heterocycles. The van der Waals surface area contributed by atoms with Crippen molar-refractivity contribution in [3.05, 3.63) is 24.2 Å². The van der Waals surface area contributed by atoms with E-state index in [1.54, 1.807) is 18.4 Å². The van der Waals surface area contributed by atoms with Crippen LogP contribution in [0.2, 0.25) is 0 Å². The molecule has 0 aliphatic carbocycles. The van der Waals surface area contributed by atoms with Crippen molar-refractivity contribution in [3.8, 4) is 0 Å². The third-order valence-electron chi connectivity index (χ3n) is 2.01. The van der Waals surface area contributed by atoms with Crippen LogP contribution in [0.15, 0.2) is 22.8 Å². The Balaban J connectivity index is 2.49. The monoisotopic (exact) mass is 213 g/mol. The molecule has 0 fully saturated rings. The lowest BCUT2D eigenvalue weighted by Crippen LogP contribution is -2.45. The number of aliphatic hydroxyl groups is 1. The van der Waals surface area contributed by atoms with Gasteiger partial charge in [0.1, 0.15) is 11.8 Å². The van der Waals surface area contributed by atoms with Crippen LogP contribution in [0, 0.1) is 0 Å². The molecule has 0 radical (unpaired) electrons. The van der Waals surface area contributed by atoms with Crippen molar-refractivity contribution >= 4 is 5.97 Å². The summed E-state index contributed by atoms with van der Waals surface area (Å²) in [6, 6.07) is 2.80. The van der Waals surface area contributed by atoms with Crippen LogP contribution in [0.1, 0.15) is 12.7 Å². The summed E-state index contributed by atoms with van der Waals surface area (Å²) in [6.45, 7) is 1.90. The van der Waals surface area contributed by atoms with Crippen molar-refractivity contribution in [1.29, 1.82) is 0 Å². The number of nitrogens with one attached hydrogen (secondary N) is 1. The van der Waals surface area contributed by atoms with Gasteiger partial charge in [0.25, 0.3) is 0 Å². The molecule has 0 amide bonds. The summed E-state index contributed by atoms with van der Waals surface area (Å²) in [4.78, 5) is 11.2. The van der Waals surface area contributed by atoms with Gasteiger partial charge < -0.3 is 14.3 Å². The van der Waals surface area contributed by atoms with E-state index in [9.17, 15) is 9.90 Å². The van der Waals surface area contributed by atoms with E-state index in [4.69, 9.17) is 4.42 Å². The summed E-state index contributed by atoms with van der Waals surface area (Å²) in [5.74, 6) is 0.209. The molecule has 0 bridgehead atoms. The molecule has 0 saturated carbocycles. The fourth-order valence-electron chi connectivity index (χ4n) is 1.20. The zero-order valence-corrected chi connectivity index (χ0v) is 8.77. The number of rotatable bonds is 5. The van der Waals surface area contributed by atoms with Crippen molar-refractivity contribution < 1.29 is 19.1 Å². The first-order valence-corrected chi connectivity index (χ1v) is 4.67. The Morgan fingerprint density at radius 3 is 2.93 bits per heavy atom. The second-order valence-electron chi connectivity index (χ2n) is 3.20. The van der Waals surface area contributed by atoms with E-state index in [2.05, 4.69) is 10.1 Å². The summed E-state index contributed by atoms with van der Waals surface area (Å²) in [5.41, 5.74) is 0. The van der Waals surface area contributed by atoms with Gasteiger partial charge in [0.15, 0.2) is 0 Å². The minimum absolute atomic E-state index is 0.373. The minimum Gasteiger partial charge on any atom is -0.468 e. The van der Waals surface area contributed by atoms with Gasteiger partial charge in [-0.2, -0.15) is 0 Å². The predicted octanol–water partition coefficient (Wildman–Crippen LogP) is 0.292. The molecule has 1 heterocycles. The van der Waals surface area contributed by atoms with Crippen LogP contribution in [0.25, 0.3) is 0 Å². The normalized spacial score (nSPS) is 14.6. The molecule has 1 aromatic rings. The molecule has 0 aliphatic rings. The summed E-state index contributed by atoms with van der Waals surface area (Å²) < 4.78 is 9.63. The predicted molar refractivity (Wildman–Crippen MR) is 53.0 cm³/mol. The topological polar surface area (TPSA) is 71.7 Å². The first-order chi connectivity index (χ1) is 7.15. The van der Waals surface area contributed by atoms with Crippen LogP contribution >= 0.6 is 0 Å². The molecular weight excluding hydrogens is 198 g/mol. The van der Waals surface area contributed by atoms with E-state index >= 15 is 0 Å². The number of carbonyl (C=O) groups is 1. The number of hydrogen-bond donors (Lipinski definition) is 2. The highest BCUT2D eigenvalue weighted by molar-refractivity contribution is 5.76. The van der Waals surface area contributed by atoms with E-state index in [-0.39, 0.29) is 0 Å². The first-order valence-electron chi connectivity index (χ1n) is 4.67. The standard InChI is InChI=1S/C10H15NO4/c1-7(12)9(10(13)14-2)11-6-8-4-3-5-15-8/h3-5,7,9,11-12H,6H2,1-2H3/t7-,9+/m1/s1. The Morgan fingerprint density at radius 2 is 2.47 bits per heavy atom. The van der Waals surface area contributed by atoms with Gasteiger partial charge >= 0.3 is 5.97 Å². The molecule has 5 heteroatoms. The average molecular weight is 213 g/mol. The average Bonchev–Trinajstić information content (AvgIpc) is 2.70. The summed E-state index contributed by atoms with van der Waals surface area (Å²) in [6.07, 6.45) is 0.736. The van der Waals surface area contributed by atoms with Crippen molar-refractivity contribution in [3.63, 3.8) is 0 Å². The Labute approximate surface area is 88.0 Å². The maximum Gasteiger partial charge on any atom is 0.325 e. The van der Waals surface area contributed by atoms with Crippen LogP contribution in [0.3, 0.4) is 0 Å². The van der Waals surface area contributed by atoms with Gasteiger partial charge in [0, 0.05) is 0 Å². The quantitative estimate of drug-likeness (QED) is 0.688. The Kier molecular flexibility index (Phi) is 4.33. The van der Waals surface area contributed by atoms with E-state index < -0.39 is 18.1 Å². The van der Waals surface area contributed by atoms with Gasteiger partial charge in [-0.05, 0) is 19.1 Å². The summed E-state index contributed by atoms with van der Waals surface area (Å²) in [5, 5.41) is 12.2. The highest BCUT2D eigenvalue weighted by Gasteiger charge is 2.23. The highest BCUT2D eigenvalue weighted by atomic mass is 16.5. The van der Waals surface area contributed by atoms with Gasteiger partial charge in [-0.3, -0.25) is 10.1 Å². The maximum absolute atomic E-state index is 11.2. The van der Waals surface area contributed by atoms with E-state index in [1.807, 2.05) is 0 Å². The molecule has 2 atom stereocenters. The van der Waals surface area contributed by atoms with Crippen LogP contribution < -0.4 is 5.32 Å². The van der Waals surface area contributed by atoms with Crippen LogP contribution in [-0.2, 0) is 16.1 Å². The number of esters is 1. The summed E-state index contributed by atoms with van der Waals surface area (Å²) in [7, 11) is 1.28. The molecule has 0 aromatic carbocycles. The largest absolute Gasteiger partial charge is 0.468 e. The lowest BCUT2D eigenvalue weighted by atomic mass is 10.2. The van der Waals surface area contributed by atoms with E-state index in [1.165, 1.54) is 14.0 Å². The third kappa shape index (κ3) is 3.38. The van der Waals surface area contributed by atoms with Gasteiger partial charge in [-0.15, -0.1) is 0 Å². The van der Waals surface area contributed by atoms with E-state index in [0.717, 1.165) is 0 Å². The zero-order chi connectivity index (χ0) is 11.3. The van der Waals surface area contributed by atoms with Crippen molar-refractivity contribution in [2.45, 2.75) is 25.6 Å². The Hall–Kier alpha value is -1.33. The molecule has 84 valence electrons. The number of ether oxygens (including phenoxy) is 1. The van der Waals surface area contributed by atoms with Crippen LogP contribution in [-0.4, -0.2) is 30.3 Å². The van der Waals surface area contributed by atoms with Gasteiger partial charge in [-0.1, -0.05) is 0 Å². The van der Waals surface area contributed by atoms with Gasteiger partial charge in [0.05, 0.1) is 26.0 Å². The van der Waals surface area contributed by atoms with E-state index in [0.29, 0.717) is 12.3 Å². The maximum atomic E-state index is 11.2. The molecule has 1 aromatic heterocycles. The smallest absolute Gasteiger partial charge is 0.325 e. The fraction of sp³-hybridized carbons (Fsp3) is 0.500. The lowest BCUT2D eigenvalue weighted by Gasteiger charge is -2.18. The highest BCUT2D eigenvalue weighted by Crippen LogP contribution is 2.02. The van der Waals surface area contributed by atoms with Crippen LogP contribution in [0.5, 0.6) is 0 Å². The molecule has 0 unspecified atom stereocenters.